The summed E-state index contributed by atoms with van der Waals surface area (Å²) in [6, 6.07) is 15.9. The Hall–Kier alpha value is -3.41. The molecule has 0 saturated heterocycles. The quantitative estimate of drug-likeness (QED) is 0.630. The van der Waals surface area contributed by atoms with Crippen LogP contribution in [0.4, 0.5) is 5.82 Å². The van der Waals surface area contributed by atoms with E-state index in [1.54, 1.807) is 13.3 Å². The molecule has 0 aliphatic heterocycles. The summed E-state index contributed by atoms with van der Waals surface area (Å²) in [7, 11) is 1.65. The van der Waals surface area contributed by atoms with Gasteiger partial charge in [0.25, 0.3) is 5.91 Å². The summed E-state index contributed by atoms with van der Waals surface area (Å²) in [5.41, 5.74) is 3.73. The number of aromatic nitrogens is 2. The van der Waals surface area contributed by atoms with Gasteiger partial charge in [0.2, 0.25) is 0 Å². The van der Waals surface area contributed by atoms with Crippen molar-refractivity contribution in [2.24, 2.45) is 0 Å². The van der Waals surface area contributed by atoms with Gasteiger partial charge in [-0.3, -0.25) is 4.79 Å². The Labute approximate surface area is 165 Å². The molecule has 0 bridgehead atoms. The molecule has 0 aliphatic rings. The monoisotopic (exact) mass is 376 g/mol. The molecule has 0 atom stereocenters. The van der Waals surface area contributed by atoms with Crippen molar-refractivity contribution in [1.82, 2.24) is 15.3 Å². The summed E-state index contributed by atoms with van der Waals surface area (Å²) in [5, 5.41) is 6.09. The summed E-state index contributed by atoms with van der Waals surface area (Å²) >= 11 is 0. The minimum Gasteiger partial charge on any atom is -0.497 e. The smallest absolute Gasteiger partial charge is 0.271 e. The van der Waals surface area contributed by atoms with Gasteiger partial charge in [-0.25, -0.2) is 9.97 Å². The molecule has 2 N–H and O–H groups in total. The van der Waals surface area contributed by atoms with Gasteiger partial charge in [0.1, 0.15) is 17.3 Å². The number of nitrogens with zero attached hydrogens (tertiary/aromatic N) is 2. The predicted octanol–water partition coefficient (Wildman–Crippen LogP) is 3.38. The lowest BCUT2D eigenvalue weighted by Gasteiger charge is -2.08. The highest BCUT2D eigenvalue weighted by atomic mass is 16.5. The number of anilines is 1. The van der Waals surface area contributed by atoms with E-state index in [1.807, 2.05) is 55.5 Å². The van der Waals surface area contributed by atoms with E-state index < -0.39 is 0 Å². The molecule has 3 rings (SSSR count). The van der Waals surface area contributed by atoms with Crippen LogP contribution in [0.1, 0.15) is 27.2 Å². The SMILES string of the molecule is COc1ccc(CCNc2cnc(C(=O)NCc3ccccc3C)cn2)cc1. The first-order valence-corrected chi connectivity index (χ1v) is 9.17. The van der Waals surface area contributed by atoms with Gasteiger partial charge < -0.3 is 15.4 Å². The predicted molar refractivity (Wildman–Crippen MR) is 110 cm³/mol. The molecule has 0 fully saturated rings. The van der Waals surface area contributed by atoms with Crippen LogP contribution >= 0.6 is 0 Å². The highest BCUT2D eigenvalue weighted by Gasteiger charge is 2.08. The maximum atomic E-state index is 12.2. The number of amides is 1. The highest BCUT2D eigenvalue weighted by Crippen LogP contribution is 2.12. The normalized spacial score (nSPS) is 10.4. The number of nitrogens with one attached hydrogen (secondary N) is 2. The van der Waals surface area contributed by atoms with E-state index in [4.69, 9.17) is 4.74 Å². The minimum atomic E-state index is -0.236. The van der Waals surface area contributed by atoms with Crippen LogP contribution < -0.4 is 15.4 Å². The zero-order chi connectivity index (χ0) is 19.8. The van der Waals surface area contributed by atoms with Crippen molar-refractivity contribution >= 4 is 11.7 Å². The molecule has 0 spiro atoms. The van der Waals surface area contributed by atoms with E-state index in [-0.39, 0.29) is 5.91 Å². The van der Waals surface area contributed by atoms with Crippen molar-refractivity contribution < 1.29 is 9.53 Å². The zero-order valence-electron chi connectivity index (χ0n) is 16.1. The maximum Gasteiger partial charge on any atom is 0.271 e. The number of rotatable bonds is 8. The molecule has 6 heteroatoms. The molecule has 1 amide bonds. The highest BCUT2D eigenvalue weighted by molar-refractivity contribution is 5.91. The van der Waals surface area contributed by atoms with Gasteiger partial charge in [0.15, 0.2) is 0 Å². The molecule has 3 aromatic rings. The summed E-state index contributed by atoms with van der Waals surface area (Å²) in [4.78, 5) is 20.7. The van der Waals surface area contributed by atoms with Gasteiger partial charge in [-0.2, -0.15) is 0 Å². The van der Waals surface area contributed by atoms with Gasteiger partial charge in [0.05, 0.1) is 19.5 Å². The Morgan fingerprint density at radius 1 is 1.04 bits per heavy atom. The van der Waals surface area contributed by atoms with Crippen molar-refractivity contribution in [2.75, 3.05) is 19.0 Å². The van der Waals surface area contributed by atoms with Crippen LogP contribution in [-0.2, 0) is 13.0 Å². The van der Waals surface area contributed by atoms with Crippen LogP contribution in [0.5, 0.6) is 5.75 Å². The number of carbonyl (C=O) groups excluding carboxylic acids is 1. The molecule has 0 aliphatic carbocycles. The molecule has 144 valence electrons. The van der Waals surface area contributed by atoms with Crippen LogP contribution in [-0.4, -0.2) is 29.5 Å². The summed E-state index contributed by atoms with van der Waals surface area (Å²) in [5.74, 6) is 1.25. The third-order valence-corrected chi connectivity index (χ3v) is 4.46. The van der Waals surface area contributed by atoms with E-state index >= 15 is 0 Å². The van der Waals surface area contributed by atoms with E-state index in [9.17, 15) is 4.79 Å². The standard InChI is InChI=1S/C22H24N4O2/c1-16-5-3-4-6-18(16)13-26-22(27)20-14-25-21(15-24-20)23-12-11-17-7-9-19(28-2)10-8-17/h3-10,14-15H,11-13H2,1-2H3,(H,23,25)(H,26,27). The van der Waals surface area contributed by atoms with Crippen LogP contribution in [0.15, 0.2) is 60.9 Å². The molecule has 0 saturated carbocycles. The molecule has 6 nitrogen and oxygen atoms in total. The fraction of sp³-hybridized carbons (Fsp3) is 0.227. The number of benzene rings is 2. The second kappa shape index (κ2) is 9.50. The van der Waals surface area contributed by atoms with Crippen molar-refractivity contribution in [1.29, 1.82) is 0 Å². The Morgan fingerprint density at radius 2 is 1.82 bits per heavy atom. The van der Waals surface area contributed by atoms with Gasteiger partial charge in [-0.05, 0) is 42.2 Å². The van der Waals surface area contributed by atoms with Crippen LogP contribution in [0.25, 0.3) is 0 Å². The van der Waals surface area contributed by atoms with Gasteiger partial charge in [0, 0.05) is 13.1 Å². The van der Waals surface area contributed by atoms with Gasteiger partial charge >= 0.3 is 0 Å². The lowest BCUT2D eigenvalue weighted by atomic mass is 10.1. The van der Waals surface area contributed by atoms with Crippen LogP contribution in [0, 0.1) is 6.92 Å². The van der Waals surface area contributed by atoms with Crippen molar-refractivity contribution in [3.63, 3.8) is 0 Å². The largest absolute Gasteiger partial charge is 0.497 e. The Morgan fingerprint density at radius 3 is 2.50 bits per heavy atom. The first kappa shape index (κ1) is 19.4. The lowest BCUT2D eigenvalue weighted by molar-refractivity contribution is 0.0945. The van der Waals surface area contributed by atoms with Gasteiger partial charge in [-0.15, -0.1) is 0 Å². The number of ether oxygens (including phenoxy) is 1. The van der Waals surface area contributed by atoms with Crippen LogP contribution in [0.3, 0.4) is 0 Å². The van der Waals surface area contributed by atoms with Gasteiger partial charge in [-0.1, -0.05) is 36.4 Å². The second-order valence-electron chi connectivity index (χ2n) is 6.42. The Bertz CT molecular complexity index is 909. The topological polar surface area (TPSA) is 76.1 Å². The van der Waals surface area contributed by atoms with Crippen molar-refractivity contribution in [2.45, 2.75) is 19.9 Å². The Kier molecular flexibility index (Phi) is 6.57. The molecule has 28 heavy (non-hydrogen) atoms. The second-order valence-corrected chi connectivity index (χ2v) is 6.42. The molecular formula is C22H24N4O2. The Balaban J connectivity index is 1.47. The van der Waals surface area contributed by atoms with E-state index in [0.29, 0.717) is 18.1 Å². The lowest BCUT2D eigenvalue weighted by Crippen LogP contribution is -2.24. The van der Waals surface area contributed by atoms with E-state index in [2.05, 4.69) is 20.6 Å². The number of hydrogen-bond donors (Lipinski definition) is 2. The van der Waals surface area contributed by atoms with Crippen LogP contribution in [0.2, 0.25) is 0 Å². The molecular weight excluding hydrogens is 352 g/mol. The average molecular weight is 376 g/mol. The third kappa shape index (κ3) is 5.30. The average Bonchev–Trinajstić information content (AvgIpc) is 2.74. The molecule has 0 radical (unpaired) electrons. The number of hydrogen-bond acceptors (Lipinski definition) is 5. The molecule has 0 unspecified atom stereocenters. The first-order chi connectivity index (χ1) is 13.7. The third-order valence-electron chi connectivity index (χ3n) is 4.46. The molecule has 2 aromatic carbocycles. The summed E-state index contributed by atoms with van der Waals surface area (Å²) < 4.78 is 5.16. The fourth-order valence-corrected chi connectivity index (χ4v) is 2.74. The van der Waals surface area contributed by atoms with E-state index in [1.165, 1.54) is 11.8 Å². The minimum absolute atomic E-state index is 0.236. The zero-order valence-corrected chi connectivity index (χ0v) is 16.1. The number of aryl methyl sites for hydroxylation is 1. The summed E-state index contributed by atoms with van der Waals surface area (Å²) in [6.07, 6.45) is 3.92. The summed E-state index contributed by atoms with van der Waals surface area (Å²) in [6.45, 7) is 3.21. The molecule has 1 aromatic heterocycles. The fourth-order valence-electron chi connectivity index (χ4n) is 2.74. The van der Waals surface area contributed by atoms with Crippen molar-refractivity contribution in [3.8, 4) is 5.75 Å². The molecule has 1 heterocycles. The van der Waals surface area contributed by atoms with Crippen molar-refractivity contribution in [3.05, 3.63) is 83.3 Å². The van der Waals surface area contributed by atoms with E-state index in [0.717, 1.165) is 29.8 Å². The number of carbonyl (C=O) groups is 1. The number of methoxy groups -OCH3 is 1. The first-order valence-electron chi connectivity index (χ1n) is 9.17. The maximum absolute atomic E-state index is 12.2.